The molecule has 30 heavy (non-hydrogen) atoms. The minimum absolute atomic E-state index is 0.0315. The number of ether oxygens (including phenoxy) is 1. The van der Waals surface area contributed by atoms with Gasteiger partial charge in [-0.15, -0.1) is 0 Å². The molecule has 1 aromatic heterocycles. The SMILES string of the molecule is Cc1ccc(-c2oc3ccc(Cl)cc3c(=O)c2OCC(=O)c2ccc(Cl)cc2)cc1. The fraction of sp³-hybridized carbons (Fsp3) is 0.0833. The second kappa shape index (κ2) is 8.34. The zero-order valence-corrected chi connectivity index (χ0v) is 17.5. The van der Waals surface area contributed by atoms with Gasteiger partial charge in [0.2, 0.25) is 11.2 Å². The predicted molar refractivity (Wildman–Crippen MR) is 119 cm³/mol. The predicted octanol–water partition coefficient (Wildman–Crippen LogP) is 6.34. The van der Waals surface area contributed by atoms with Gasteiger partial charge in [-0.05, 0) is 49.4 Å². The first-order valence-electron chi connectivity index (χ1n) is 9.17. The molecular formula is C24H16Cl2O4. The molecule has 0 N–H and O–H groups in total. The van der Waals surface area contributed by atoms with E-state index >= 15 is 0 Å². The van der Waals surface area contributed by atoms with Crippen LogP contribution < -0.4 is 10.2 Å². The highest BCUT2D eigenvalue weighted by Crippen LogP contribution is 2.32. The molecule has 4 nitrogen and oxygen atoms in total. The third kappa shape index (κ3) is 4.11. The van der Waals surface area contributed by atoms with Crippen LogP contribution in [-0.4, -0.2) is 12.4 Å². The van der Waals surface area contributed by atoms with Gasteiger partial charge in [0.1, 0.15) is 5.58 Å². The van der Waals surface area contributed by atoms with Gasteiger partial charge in [-0.1, -0.05) is 53.0 Å². The maximum absolute atomic E-state index is 13.2. The minimum atomic E-state index is -0.391. The highest BCUT2D eigenvalue weighted by atomic mass is 35.5. The number of halogens is 2. The quantitative estimate of drug-likeness (QED) is 0.341. The summed E-state index contributed by atoms with van der Waals surface area (Å²) in [5.74, 6) is -0.0539. The minimum Gasteiger partial charge on any atom is -0.478 e. The second-order valence-electron chi connectivity index (χ2n) is 6.81. The number of fused-ring (bicyclic) bond motifs is 1. The van der Waals surface area contributed by atoms with Crippen LogP contribution in [0.2, 0.25) is 10.0 Å². The summed E-state index contributed by atoms with van der Waals surface area (Å²) in [5.41, 5.74) is 2.16. The number of hydrogen-bond acceptors (Lipinski definition) is 4. The third-order valence-electron chi connectivity index (χ3n) is 4.64. The van der Waals surface area contributed by atoms with Gasteiger partial charge in [0, 0.05) is 21.2 Å². The summed E-state index contributed by atoms with van der Waals surface area (Å²) >= 11 is 11.9. The first kappa shape index (κ1) is 20.2. The van der Waals surface area contributed by atoms with Gasteiger partial charge in [-0.3, -0.25) is 9.59 Å². The fourth-order valence-corrected chi connectivity index (χ4v) is 3.33. The molecule has 0 fully saturated rings. The maximum Gasteiger partial charge on any atom is 0.235 e. The Hall–Kier alpha value is -3.08. The highest BCUT2D eigenvalue weighted by molar-refractivity contribution is 6.31. The Labute approximate surface area is 182 Å². The molecule has 0 aliphatic heterocycles. The van der Waals surface area contributed by atoms with Gasteiger partial charge in [0.05, 0.1) is 5.39 Å². The van der Waals surface area contributed by atoms with Gasteiger partial charge in [-0.2, -0.15) is 0 Å². The summed E-state index contributed by atoms with van der Waals surface area (Å²) in [6, 6.07) is 18.8. The van der Waals surface area contributed by atoms with E-state index in [-0.39, 0.29) is 29.3 Å². The van der Waals surface area contributed by atoms with Crippen molar-refractivity contribution in [3.63, 3.8) is 0 Å². The van der Waals surface area contributed by atoms with E-state index in [1.54, 1.807) is 36.4 Å². The smallest absolute Gasteiger partial charge is 0.235 e. The molecule has 0 saturated heterocycles. The Morgan fingerprint density at radius 1 is 0.933 bits per heavy atom. The number of ketones is 1. The van der Waals surface area contributed by atoms with E-state index in [2.05, 4.69) is 0 Å². The lowest BCUT2D eigenvalue weighted by Gasteiger charge is -2.12. The van der Waals surface area contributed by atoms with Gasteiger partial charge < -0.3 is 9.15 Å². The molecule has 0 aliphatic rings. The molecule has 0 unspecified atom stereocenters. The molecule has 4 rings (SSSR count). The molecule has 4 aromatic rings. The lowest BCUT2D eigenvalue weighted by Crippen LogP contribution is -2.17. The highest BCUT2D eigenvalue weighted by Gasteiger charge is 2.19. The monoisotopic (exact) mass is 438 g/mol. The summed E-state index contributed by atoms with van der Waals surface area (Å²) in [7, 11) is 0. The molecule has 1 heterocycles. The number of carbonyl (C=O) groups excluding carboxylic acids is 1. The Kier molecular flexibility index (Phi) is 5.62. The van der Waals surface area contributed by atoms with Crippen LogP contribution in [-0.2, 0) is 0 Å². The first-order valence-corrected chi connectivity index (χ1v) is 9.93. The van der Waals surface area contributed by atoms with Gasteiger partial charge in [0.25, 0.3) is 0 Å². The summed E-state index contributed by atoms with van der Waals surface area (Å²) in [5, 5.41) is 1.22. The van der Waals surface area contributed by atoms with Crippen molar-refractivity contribution < 1.29 is 13.9 Å². The van der Waals surface area contributed by atoms with Crippen LogP contribution in [0.4, 0.5) is 0 Å². The number of hydrogen-bond donors (Lipinski definition) is 0. The molecule has 3 aromatic carbocycles. The number of aryl methyl sites for hydroxylation is 1. The Bertz CT molecular complexity index is 1290. The second-order valence-corrected chi connectivity index (χ2v) is 7.69. The summed E-state index contributed by atoms with van der Waals surface area (Å²) in [6.45, 7) is 1.64. The van der Waals surface area contributed by atoms with Crippen LogP contribution >= 0.6 is 23.2 Å². The van der Waals surface area contributed by atoms with Crippen LogP contribution in [0.5, 0.6) is 5.75 Å². The number of carbonyl (C=O) groups is 1. The number of Topliss-reactive ketones (excluding diaryl/α,β-unsaturated/α-hetero) is 1. The molecule has 0 atom stereocenters. The largest absolute Gasteiger partial charge is 0.478 e. The van der Waals surface area contributed by atoms with Crippen LogP contribution in [0.1, 0.15) is 15.9 Å². The zero-order chi connectivity index (χ0) is 21.3. The van der Waals surface area contributed by atoms with E-state index in [1.165, 1.54) is 6.07 Å². The Balaban J connectivity index is 1.77. The average Bonchev–Trinajstić information content (AvgIpc) is 2.74. The summed E-state index contributed by atoms with van der Waals surface area (Å²) in [6.07, 6.45) is 0. The molecule has 0 saturated carbocycles. The van der Waals surface area contributed by atoms with Crippen molar-refractivity contribution in [2.24, 2.45) is 0 Å². The zero-order valence-electron chi connectivity index (χ0n) is 15.9. The lowest BCUT2D eigenvalue weighted by atomic mass is 10.1. The summed E-state index contributed by atoms with van der Waals surface area (Å²) in [4.78, 5) is 25.7. The molecular weight excluding hydrogens is 423 g/mol. The molecule has 0 radical (unpaired) electrons. The molecule has 0 amide bonds. The topological polar surface area (TPSA) is 56.5 Å². The van der Waals surface area contributed by atoms with E-state index in [0.29, 0.717) is 26.8 Å². The van der Waals surface area contributed by atoms with E-state index in [0.717, 1.165) is 5.56 Å². The molecule has 6 heteroatoms. The maximum atomic E-state index is 13.2. The van der Waals surface area contributed by atoms with E-state index in [1.807, 2.05) is 31.2 Å². The van der Waals surface area contributed by atoms with Gasteiger partial charge in [-0.25, -0.2) is 0 Å². The van der Waals surface area contributed by atoms with Crippen LogP contribution in [0, 0.1) is 6.92 Å². The van der Waals surface area contributed by atoms with Crippen LogP contribution in [0.25, 0.3) is 22.3 Å². The molecule has 150 valence electrons. The molecule has 0 bridgehead atoms. The van der Waals surface area contributed by atoms with E-state index in [4.69, 9.17) is 32.4 Å². The van der Waals surface area contributed by atoms with Crippen LogP contribution in [0.15, 0.2) is 75.9 Å². The number of benzene rings is 3. The van der Waals surface area contributed by atoms with Crippen molar-refractivity contribution in [3.05, 3.63) is 98.1 Å². The lowest BCUT2D eigenvalue weighted by molar-refractivity contribution is 0.0920. The van der Waals surface area contributed by atoms with Crippen molar-refractivity contribution in [3.8, 4) is 17.1 Å². The van der Waals surface area contributed by atoms with Gasteiger partial charge in [0.15, 0.2) is 18.2 Å². The van der Waals surface area contributed by atoms with Crippen molar-refractivity contribution in [1.29, 1.82) is 0 Å². The third-order valence-corrected chi connectivity index (χ3v) is 5.13. The fourth-order valence-electron chi connectivity index (χ4n) is 3.03. The first-order chi connectivity index (χ1) is 14.4. The Morgan fingerprint density at radius 2 is 1.60 bits per heavy atom. The van der Waals surface area contributed by atoms with Crippen LogP contribution in [0.3, 0.4) is 0 Å². The molecule has 0 spiro atoms. The van der Waals surface area contributed by atoms with Crippen molar-refractivity contribution in [2.45, 2.75) is 6.92 Å². The van der Waals surface area contributed by atoms with E-state index < -0.39 is 5.43 Å². The average molecular weight is 439 g/mol. The van der Waals surface area contributed by atoms with Crippen molar-refractivity contribution in [1.82, 2.24) is 0 Å². The Morgan fingerprint density at radius 3 is 2.30 bits per heavy atom. The normalized spacial score (nSPS) is 10.9. The number of rotatable bonds is 5. The van der Waals surface area contributed by atoms with Gasteiger partial charge >= 0.3 is 0 Å². The van der Waals surface area contributed by atoms with Crippen molar-refractivity contribution >= 4 is 40.0 Å². The van der Waals surface area contributed by atoms with Crippen molar-refractivity contribution in [2.75, 3.05) is 6.61 Å². The standard InChI is InChI=1S/C24H16Cl2O4/c1-14-2-4-16(5-3-14)23-24(22(28)19-12-18(26)10-11-21(19)30-23)29-13-20(27)15-6-8-17(25)9-7-15/h2-12H,13H2,1H3. The summed E-state index contributed by atoms with van der Waals surface area (Å²) < 4.78 is 11.7. The van der Waals surface area contributed by atoms with E-state index in [9.17, 15) is 9.59 Å². The molecule has 0 aliphatic carbocycles.